The number of nitrogens with one attached hydrogen (secondary N) is 1. The standard InChI is InChI=1S/C15H10Cl3N5O2/c1-6-9(5-25-23-6)15(24)22-11-4-20-13(14(19)21-11)8-2-7(16)3-10(17)12(8)18/h2-5H,1H3,(H3,19,21,22,24). The van der Waals surface area contributed by atoms with Gasteiger partial charge in [-0.25, -0.2) is 9.97 Å². The summed E-state index contributed by atoms with van der Waals surface area (Å²) in [6, 6.07) is 3.09. The van der Waals surface area contributed by atoms with Crippen LogP contribution in [0.1, 0.15) is 16.1 Å². The van der Waals surface area contributed by atoms with E-state index in [-0.39, 0.29) is 27.2 Å². The van der Waals surface area contributed by atoms with Crippen LogP contribution in [0.5, 0.6) is 0 Å². The molecule has 0 aliphatic heterocycles. The first-order chi connectivity index (χ1) is 11.9. The van der Waals surface area contributed by atoms with Crippen molar-refractivity contribution in [2.45, 2.75) is 6.92 Å². The first-order valence-electron chi connectivity index (χ1n) is 6.86. The minimum Gasteiger partial charge on any atom is -0.382 e. The average Bonchev–Trinajstić information content (AvgIpc) is 2.97. The maximum absolute atomic E-state index is 12.1. The molecule has 0 bridgehead atoms. The van der Waals surface area contributed by atoms with Gasteiger partial charge in [0.2, 0.25) is 0 Å². The minimum absolute atomic E-state index is 0.0556. The molecule has 3 rings (SSSR count). The van der Waals surface area contributed by atoms with E-state index >= 15 is 0 Å². The molecule has 1 amide bonds. The summed E-state index contributed by atoms with van der Waals surface area (Å²) in [5.41, 5.74) is 7.43. The number of nitrogens with zero attached hydrogens (tertiary/aromatic N) is 3. The molecule has 0 atom stereocenters. The van der Waals surface area contributed by atoms with Crippen LogP contribution in [0.25, 0.3) is 11.3 Å². The van der Waals surface area contributed by atoms with Gasteiger partial charge < -0.3 is 15.6 Å². The van der Waals surface area contributed by atoms with Crippen molar-refractivity contribution >= 4 is 52.3 Å². The van der Waals surface area contributed by atoms with Gasteiger partial charge in [-0.1, -0.05) is 40.0 Å². The lowest BCUT2D eigenvalue weighted by atomic mass is 10.1. The number of carbonyl (C=O) groups excluding carboxylic acids is 1. The lowest BCUT2D eigenvalue weighted by molar-refractivity contribution is 0.102. The highest BCUT2D eigenvalue weighted by atomic mass is 35.5. The molecule has 1 aromatic carbocycles. The second-order valence-electron chi connectivity index (χ2n) is 5.01. The number of halogens is 3. The van der Waals surface area contributed by atoms with Crippen molar-refractivity contribution < 1.29 is 9.32 Å². The lowest BCUT2D eigenvalue weighted by Crippen LogP contribution is -2.14. The Morgan fingerprint density at radius 3 is 2.68 bits per heavy atom. The van der Waals surface area contributed by atoms with Gasteiger partial charge in [-0.2, -0.15) is 0 Å². The first-order valence-corrected chi connectivity index (χ1v) is 8.00. The molecule has 0 radical (unpaired) electrons. The molecule has 0 aliphatic rings. The number of anilines is 2. The number of hydrogen-bond donors (Lipinski definition) is 2. The van der Waals surface area contributed by atoms with Crippen LogP contribution in [0.2, 0.25) is 15.1 Å². The summed E-state index contributed by atoms with van der Waals surface area (Å²) in [5.74, 6) is -0.222. The zero-order chi connectivity index (χ0) is 18.1. The third-order valence-corrected chi connectivity index (χ3v) is 4.30. The number of aryl methyl sites for hydroxylation is 1. The fourth-order valence-corrected chi connectivity index (χ4v) is 2.79. The van der Waals surface area contributed by atoms with Crippen LogP contribution in [-0.2, 0) is 0 Å². The van der Waals surface area contributed by atoms with E-state index in [1.54, 1.807) is 13.0 Å². The predicted octanol–water partition coefficient (Wildman–Crippen LogP) is 4.23. The predicted molar refractivity (Wildman–Crippen MR) is 96.1 cm³/mol. The van der Waals surface area contributed by atoms with Crippen LogP contribution in [-0.4, -0.2) is 21.0 Å². The zero-order valence-electron chi connectivity index (χ0n) is 12.7. The first kappa shape index (κ1) is 17.5. The Bertz CT molecular complexity index is 974. The highest BCUT2D eigenvalue weighted by Gasteiger charge is 2.17. The summed E-state index contributed by atoms with van der Waals surface area (Å²) in [5, 5.41) is 7.11. The van der Waals surface area contributed by atoms with Gasteiger partial charge in [-0.05, 0) is 19.1 Å². The van der Waals surface area contributed by atoms with Crippen molar-refractivity contribution in [3.63, 3.8) is 0 Å². The van der Waals surface area contributed by atoms with Crippen LogP contribution in [0.15, 0.2) is 29.1 Å². The summed E-state index contributed by atoms with van der Waals surface area (Å²) in [4.78, 5) is 20.5. The number of rotatable bonds is 3. The smallest absolute Gasteiger partial charge is 0.262 e. The molecule has 10 heteroatoms. The maximum atomic E-state index is 12.1. The van der Waals surface area contributed by atoms with Gasteiger partial charge in [0.25, 0.3) is 5.91 Å². The Kier molecular flexibility index (Phi) is 4.80. The Labute approximate surface area is 157 Å². The maximum Gasteiger partial charge on any atom is 0.262 e. The molecule has 0 saturated heterocycles. The Morgan fingerprint density at radius 2 is 2.04 bits per heavy atom. The van der Waals surface area contributed by atoms with E-state index < -0.39 is 5.91 Å². The fraction of sp³-hybridized carbons (Fsp3) is 0.0667. The Hall–Kier alpha value is -2.35. The van der Waals surface area contributed by atoms with Gasteiger partial charge >= 0.3 is 0 Å². The van der Waals surface area contributed by atoms with E-state index in [1.165, 1.54) is 18.5 Å². The van der Waals surface area contributed by atoms with E-state index in [4.69, 9.17) is 45.1 Å². The molecule has 0 saturated carbocycles. The summed E-state index contributed by atoms with van der Waals surface area (Å²) < 4.78 is 4.73. The van der Waals surface area contributed by atoms with Crippen LogP contribution in [0.3, 0.4) is 0 Å². The Balaban J connectivity index is 1.92. The van der Waals surface area contributed by atoms with Gasteiger partial charge in [-0.15, -0.1) is 0 Å². The molecule has 128 valence electrons. The molecule has 0 aliphatic carbocycles. The number of nitrogens with two attached hydrogens (primary N) is 1. The van der Waals surface area contributed by atoms with Crippen molar-refractivity contribution in [2.24, 2.45) is 0 Å². The monoisotopic (exact) mass is 397 g/mol. The largest absolute Gasteiger partial charge is 0.382 e. The van der Waals surface area contributed by atoms with E-state index in [2.05, 4.69) is 20.4 Å². The van der Waals surface area contributed by atoms with Gasteiger partial charge in [-0.3, -0.25) is 4.79 Å². The topological polar surface area (TPSA) is 107 Å². The van der Waals surface area contributed by atoms with E-state index in [0.717, 1.165) is 0 Å². The van der Waals surface area contributed by atoms with E-state index in [9.17, 15) is 4.79 Å². The van der Waals surface area contributed by atoms with Crippen molar-refractivity contribution in [3.8, 4) is 11.3 Å². The van der Waals surface area contributed by atoms with Gasteiger partial charge in [0.15, 0.2) is 11.6 Å². The molecule has 0 unspecified atom stereocenters. The number of benzene rings is 1. The van der Waals surface area contributed by atoms with Gasteiger partial charge in [0.05, 0.1) is 21.9 Å². The molecule has 3 aromatic rings. The molecule has 0 fully saturated rings. The second-order valence-corrected chi connectivity index (χ2v) is 6.23. The van der Waals surface area contributed by atoms with Gasteiger partial charge in [0, 0.05) is 10.6 Å². The molecular weight excluding hydrogens is 389 g/mol. The Morgan fingerprint density at radius 1 is 1.28 bits per heavy atom. The lowest BCUT2D eigenvalue weighted by Gasteiger charge is -2.10. The minimum atomic E-state index is -0.441. The summed E-state index contributed by atoms with van der Waals surface area (Å²) >= 11 is 18.2. The SMILES string of the molecule is Cc1nocc1C(=O)Nc1cnc(-c2cc(Cl)cc(Cl)c2Cl)c(N)n1. The van der Waals surface area contributed by atoms with Crippen molar-refractivity contribution in [2.75, 3.05) is 11.1 Å². The molecule has 2 heterocycles. The van der Waals surface area contributed by atoms with Gasteiger partial charge in [0.1, 0.15) is 17.5 Å². The summed E-state index contributed by atoms with van der Waals surface area (Å²) in [6.07, 6.45) is 2.58. The number of hydrogen-bond acceptors (Lipinski definition) is 6. The summed E-state index contributed by atoms with van der Waals surface area (Å²) in [7, 11) is 0. The quantitative estimate of drug-likeness (QED) is 0.639. The molecule has 0 spiro atoms. The van der Waals surface area contributed by atoms with E-state index in [1.807, 2.05) is 0 Å². The number of aromatic nitrogens is 3. The number of nitrogen functional groups attached to an aromatic ring is 1. The van der Waals surface area contributed by atoms with Crippen molar-refractivity contribution in [3.05, 3.63) is 50.9 Å². The molecular formula is C15H10Cl3N5O2. The molecule has 25 heavy (non-hydrogen) atoms. The van der Waals surface area contributed by atoms with Crippen LogP contribution in [0, 0.1) is 6.92 Å². The summed E-state index contributed by atoms with van der Waals surface area (Å²) in [6.45, 7) is 1.65. The van der Waals surface area contributed by atoms with E-state index in [0.29, 0.717) is 22.0 Å². The third kappa shape index (κ3) is 3.53. The number of carbonyl (C=O) groups is 1. The normalized spacial score (nSPS) is 10.7. The molecule has 2 aromatic heterocycles. The zero-order valence-corrected chi connectivity index (χ0v) is 14.9. The van der Waals surface area contributed by atoms with Crippen LogP contribution < -0.4 is 11.1 Å². The van der Waals surface area contributed by atoms with Crippen LogP contribution in [0.4, 0.5) is 11.6 Å². The fourth-order valence-electron chi connectivity index (χ4n) is 2.09. The highest BCUT2D eigenvalue weighted by molar-refractivity contribution is 6.45. The third-order valence-electron chi connectivity index (χ3n) is 3.28. The van der Waals surface area contributed by atoms with Crippen LogP contribution >= 0.6 is 34.8 Å². The number of amides is 1. The van der Waals surface area contributed by atoms with Crippen molar-refractivity contribution in [1.29, 1.82) is 0 Å². The second kappa shape index (κ2) is 6.87. The van der Waals surface area contributed by atoms with Crippen molar-refractivity contribution in [1.82, 2.24) is 15.1 Å². The molecule has 3 N–H and O–H groups in total. The highest BCUT2D eigenvalue weighted by Crippen LogP contribution is 2.37. The average molecular weight is 399 g/mol. The molecule has 7 nitrogen and oxygen atoms in total.